The number of nitrogens with zero attached hydrogens (tertiary/aromatic N) is 1. The molecule has 0 aromatic heterocycles. The van der Waals surface area contributed by atoms with Gasteiger partial charge in [0.05, 0.1) is 0 Å². The molecule has 2 aliphatic rings. The zero-order valence-corrected chi connectivity index (χ0v) is 8.03. The van der Waals surface area contributed by atoms with Crippen molar-refractivity contribution in [3.63, 3.8) is 0 Å². The normalized spacial score (nSPS) is 18.1. The highest BCUT2D eigenvalue weighted by Crippen LogP contribution is 2.35. The number of fused-ring (bicyclic) bond motifs is 1. The SMILES string of the molecule is O=C1NCCN1c1ccc2c(c1)OCO2. The molecule has 15 heavy (non-hydrogen) atoms. The third kappa shape index (κ3) is 1.27. The van der Waals surface area contributed by atoms with Crippen molar-refractivity contribution in [1.82, 2.24) is 5.32 Å². The van der Waals surface area contributed by atoms with E-state index in [1.54, 1.807) is 4.90 Å². The van der Waals surface area contributed by atoms with E-state index in [0.717, 1.165) is 11.4 Å². The van der Waals surface area contributed by atoms with Gasteiger partial charge in [0.25, 0.3) is 0 Å². The van der Waals surface area contributed by atoms with E-state index in [1.165, 1.54) is 0 Å². The standard InChI is InChI=1S/C10H10N2O3/c13-10-11-3-4-12(10)7-1-2-8-9(5-7)15-6-14-8/h1-2,5H,3-4,6H2,(H,11,13). The number of benzene rings is 1. The van der Waals surface area contributed by atoms with E-state index in [2.05, 4.69) is 5.32 Å². The Kier molecular flexibility index (Phi) is 1.71. The molecule has 3 rings (SSSR count). The molecule has 0 aliphatic carbocycles. The number of hydrogen-bond donors (Lipinski definition) is 1. The molecule has 0 spiro atoms. The Morgan fingerprint density at radius 3 is 2.93 bits per heavy atom. The number of rotatable bonds is 1. The van der Waals surface area contributed by atoms with E-state index in [0.29, 0.717) is 18.8 Å². The molecule has 1 fully saturated rings. The molecule has 2 heterocycles. The number of hydrogen-bond acceptors (Lipinski definition) is 3. The zero-order valence-electron chi connectivity index (χ0n) is 8.03. The van der Waals surface area contributed by atoms with Gasteiger partial charge in [-0.1, -0.05) is 0 Å². The average molecular weight is 206 g/mol. The summed E-state index contributed by atoms with van der Waals surface area (Å²) in [7, 11) is 0. The van der Waals surface area contributed by atoms with Crippen molar-refractivity contribution >= 4 is 11.7 Å². The molecule has 1 aromatic carbocycles. The maximum atomic E-state index is 11.4. The van der Waals surface area contributed by atoms with Gasteiger partial charge in [-0.2, -0.15) is 0 Å². The molecule has 1 N–H and O–H groups in total. The summed E-state index contributed by atoms with van der Waals surface area (Å²) in [4.78, 5) is 13.1. The van der Waals surface area contributed by atoms with E-state index in [1.807, 2.05) is 18.2 Å². The Balaban J connectivity index is 1.95. The van der Waals surface area contributed by atoms with Crippen LogP contribution in [0.3, 0.4) is 0 Å². The number of carbonyl (C=O) groups is 1. The molecule has 78 valence electrons. The number of urea groups is 1. The van der Waals surface area contributed by atoms with Gasteiger partial charge in [0.2, 0.25) is 6.79 Å². The summed E-state index contributed by atoms with van der Waals surface area (Å²) in [5.41, 5.74) is 0.842. The van der Waals surface area contributed by atoms with Gasteiger partial charge in [0.15, 0.2) is 11.5 Å². The third-order valence-electron chi connectivity index (χ3n) is 2.52. The van der Waals surface area contributed by atoms with Crippen molar-refractivity contribution in [1.29, 1.82) is 0 Å². The third-order valence-corrected chi connectivity index (χ3v) is 2.52. The van der Waals surface area contributed by atoms with Crippen LogP contribution in [0.5, 0.6) is 11.5 Å². The molecule has 2 amide bonds. The quantitative estimate of drug-likeness (QED) is 0.744. The maximum Gasteiger partial charge on any atom is 0.321 e. The lowest BCUT2D eigenvalue weighted by molar-refractivity contribution is 0.174. The zero-order chi connectivity index (χ0) is 10.3. The number of anilines is 1. The van der Waals surface area contributed by atoms with Gasteiger partial charge in [-0.05, 0) is 12.1 Å². The van der Waals surface area contributed by atoms with Crippen LogP contribution in [0, 0.1) is 0 Å². The maximum absolute atomic E-state index is 11.4. The number of amides is 2. The molecule has 1 saturated heterocycles. The highest BCUT2D eigenvalue weighted by atomic mass is 16.7. The van der Waals surface area contributed by atoms with Crippen molar-refractivity contribution in [2.45, 2.75) is 0 Å². The van der Waals surface area contributed by atoms with Crippen LogP contribution in [0.2, 0.25) is 0 Å². The first-order valence-electron chi connectivity index (χ1n) is 4.79. The molecule has 5 nitrogen and oxygen atoms in total. The number of ether oxygens (including phenoxy) is 2. The highest BCUT2D eigenvalue weighted by molar-refractivity contribution is 5.94. The van der Waals surface area contributed by atoms with Gasteiger partial charge < -0.3 is 14.8 Å². The van der Waals surface area contributed by atoms with Crippen LogP contribution in [-0.2, 0) is 0 Å². The monoisotopic (exact) mass is 206 g/mol. The van der Waals surface area contributed by atoms with Crippen molar-refractivity contribution in [2.24, 2.45) is 0 Å². The summed E-state index contributed by atoms with van der Waals surface area (Å²) >= 11 is 0. The molecule has 0 saturated carbocycles. The van der Waals surface area contributed by atoms with Gasteiger partial charge in [-0.3, -0.25) is 4.90 Å². The van der Waals surface area contributed by atoms with Crippen LogP contribution in [0.1, 0.15) is 0 Å². The van der Waals surface area contributed by atoms with Crippen molar-refractivity contribution in [2.75, 3.05) is 24.8 Å². The van der Waals surface area contributed by atoms with Crippen LogP contribution in [0.4, 0.5) is 10.5 Å². The van der Waals surface area contributed by atoms with Crippen LogP contribution in [0.25, 0.3) is 0 Å². The van der Waals surface area contributed by atoms with E-state index in [9.17, 15) is 4.79 Å². The molecular formula is C10H10N2O3. The Labute approximate surface area is 86.6 Å². The summed E-state index contributed by atoms with van der Waals surface area (Å²) in [5, 5.41) is 2.75. The Hall–Kier alpha value is -1.91. The molecule has 0 bridgehead atoms. The minimum absolute atomic E-state index is 0.0612. The Bertz CT molecular complexity index is 419. The second-order valence-corrected chi connectivity index (χ2v) is 3.42. The highest BCUT2D eigenvalue weighted by Gasteiger charge is 2.23. The molecule has 0 atom stereocenters. The smallest absolute Gasteiger partial charge is 0.321 e. The fourth-order valence-electron chi connectivity index (χ4n) is 1.77. The fourth-order valence-corrected chi connectivity index (χ4v) is 1.77. The van der Waals surface area contributed by atoms with Crippen LogP contribution >= 0.6 is 0 Å². The summed E-state index contributed by atoms with van der Waals surface area (Å²) < 4.78 is 10.5. The topological polar surface area (TPSA) is 50.8 Å². The summed E-state index contributed by atoms with van der Waals surface area (Å²) in [6.07, 6.45) is 0. The first-order valence-corrected chi connectivity index (χ1v) is 4.79. The first-order chi connectivity index (χ1) is 7.34. The number of nitrogens with one attached hydrogen (secondary N) is 1. The van der Waals surface area contributed by atoms with Crippen molar-refractivity contribution < 1.29 is 14.3 Å². The van der Waals surface area contributed by atoms with Gasteiger partial charge >= 0.3 is 6.03 Å². The van der Waals surface area contributed by atoms with Crippen LogP contribution in [-0.4, -0.2) is 25.9 Å². The molecule has 0 radical (unpaired) electrons. The van der Waals surface area contributed by atoms with Crippen molar-refractivity contribution in [3.05, 3.63) is 18.2 Å². The minimum atomic E-state index is -0.0612. The minimum Gasteiger partial charge on any atom is -0.454 e. The lowest BCUT2D eigenvalue weighted by Gasteiger charge is -2.14. The van der Waals surface area contributed by atoms with E-state index in [-0.39, 0.29) is 12.8 Å². The summed E-state index contributed by atoms with van der Waals surface area (Å²) in [6, 6.07) is 5.45. The van der Waals surface area contributed by atoms with Crippen LogP contribution < -0.4 is 19.7 Å². The Morgan fingerprint density at radius 2 is 2.13 bits per heavy atom. The number of carbonyl (C=O) groups excluding carboxylic acids is 1. The van der Waals surface area contributed by atoms with Gasteiger partial charge in [0, 0.05) is 24.8 Å². The largest absolute Gasteiger partial charge is 0.454 e. The molecule has 2 aliphatic heterocycles. The van der Waals surface area contributed by atoms with E-state index < -0.39 is 0 Å². The predicted octanol–water partition coefficient (Wildman–Crippen LogP) is 0.945. The van der Waals surface area contributed by atoms with E-state index >= 15 is 0 Å². The van der Waals surface area contributed by atoms with Crippen LogP contribution in [0.15, 0.2) is 18.2 Å². The second kappa shape index (κ2) is 3.05. The summed E-state index contributed by atoms with van der Waals surface area (Å²) in [5.74, 6) is 1.44. The Morgan fingerprint density at radius 1 is 1.27 bits per heavy atom. The first kappa shape index (κ1) is 8.40. The molecule has 0 unspecified atom stereocenters. The lowest BCUT2D eigenvalue weighted by Crippen LogP contribution is -2.27. The lowest BCUT2D eigenvalue weighted by atomic mass is 10.2. The van der Waals surface area contributed by atoms with Gasteiger partial charge in [-0.25, -0.2) is 4.79 Å². The molecule has 1 aromatic rings. The molecule has 5 heteroatoms. The average Bonchev–Trinajstić information content (AvgIpc) is 2.84. The predicted molar refractivity (Wildman–Crippen MR) is 53.3 cm³/mol. The fraction of sp³-hybridized carbons (Fsp3) is 0.300. The second-order valence-electron chi connectivity index (χ2n) is 3.42. The van der Waals surface area contributed by atoms with Gasteiger partial charge in [-0.15, -0.1) is 0 Å². The molecular weight excluding hydrogens is 196 g/mol. The van der Waals surface area contributed by atoms with Crippen molar-refractivity contribution in [3.8, 4) is 11.5 Å². The van der Waals surface area contributed by atoms with E-state index in [4.69, 9.17) is 9.47 Å². The summed E-state index contributed by atoms with van der Waals surface area (Å²) in [6.45, 7) is 1.64. The van der Waals surface area contributed by atoms with Gasteiger partial charge in [0.1, 0.15) is 0 Å².